The first-order chi connectivity index (χ1) is 10.0. The first kappa shape index (κ1) is 16.1. The van der Waals surface area contributed by atoms with Gasteiger partial charge >= 0.3 is 0 Å². The van der Waals surface area contributed by atoms with E-state index in [-0.39, 0.29) is 6.04 Å². The standard InChI is InChI=1S/C18H25NOS/c1-6-20-18-10-8-7-9-16(18)13(3)19-14(4)17-11-12(2)21-15(17)5/h7-11,13-14,19H,6H2,1-5H3. The van der Waals surface area contributed by atoms with Crippen molar-refractivity contribution in [1.29, 1.82) is 0 Å². The summed E-state index contributed by atoms with van der Waals surface area (Å²) in [6.45, 7) is 11.5. The molecule has 21 heavy (non-hydrogen) atoms. The molecule has 1 aromatic heterocycles. The summed E-state index contributed by atoms with van der Waals surface area (Å²) < 4.78 is 5.74. The molecule has 3 heteroatoms. The first-order valence-corrected chi connectivity index (χ1v) is 8.39. The molecule has 0 aliphatic carbocycles. The summed E-state index contributed by atoms with van der Waals surface area (Å²) >= 11 is 1.87. The monoisotopic (exact) mass is 303 g/mol. The third-order valence-electron chi connectivity index (χ3n) is 3.73. The largest absolute Gasteiger partial charge is 0.494 e. The van der Waals surface area contributed by atoms with E-state index in [1.807, 2.05) is 30.4 Å². The van der Waals surface area contributed by atoms with E-state index in [9.17, 15) is 0 Å². The second kappa shape index (κ2) is 7.10. The second-order valence-electron chi connectivity index (χ2n) is 5.45. The zero-order valence-electron chi connectivity index (χ0n) is 13.6. The molecule has 0 radical (unpaired) electrons. The van der Waals surface area contributed by atoms with E-state index < -0.39 is 0 Å². The SMILES string of the molecule is CCOc1ccccc1C(C)NC(C)c1cc(C)sc1C. The van der Waals surface area contributed by atoms with Crippen LogP contribution in [0.1, 0.15) is 53.7 Å². The van der Waals surface area contributed by atoms with Crippen LogP contribution in [0.2, 0.25) is 0 Å². The minimum Gasteiger partial charge on any atom is -0.494 e. The highest BCUT2D eigenvalue weighted by atomic mass is 32.1. The van der Waals surface area contributed by atoms with E-state index in [1.54, 1.807) is 0 Å². The van der Waals surface area contributed by atoms with Crippen LogP contribution >= 0.6 is 11.3 Å². The van der Waals surface area contributed by atoms with E-state index in [4.69, 9.17) is 4.74 Å². The van der Waals surface area contributed by atoms with Crippen LogP contribution in [0.4, 0.5) is 0 Å². The molecule has 0 bridgehead atoms. The number of aryl methyl sites for hydroxylation is 2. The normalized spacial score (nSPS) is 14.0. The molecule has 114 valence electrons. The van der Waals surface area contributed by atoms with Crippen LogP contribution in [0.5, 0.6) is 5.75 Å². The van der Waals surface area contributed by atoms with Gasteiger partial charge in [-0.2, -0.15) is 0 Å². The Bertz CT molecular complexity index is 591. The lowest BCUT2D eigenvalue weighted by Gasteiger charge is -2.22. The number of nitrogens with one attached hydrogen (secondary N) is 1. The molecule has 2 atom stereocenters. The molecule has 2 nitrogen and oxygen atoms in total. The topological polar surface area (TPSA) is 21.3 Å². The fourth-order valence-corrected chi connectivity index (χ4v) is 3.78. The minimum atomic E-state index is 0.252. The highest BCUT2D eigenvalue weighted by Crippen LogP contribution is 2.30. The summed E-state index contributed by atoms with van der Waals surface area (Å²) in [5.74, 6) is 0.977. The van der Waals surface area contributed by atoms with Crippen molar-refractivity contribution < 1.29 is 4.74 Å². The predicted octanol–water partition coefficient (Wildman–Crippen LogP) is 5.18. The maximum atomic E-state index is 5.74. The van der Waals surface area contributed by atoms with Gasteiger partial charge in [0.25, 0.3) is 0 Å². The van der Waals surface area contributed by atoms with Crippen molar-refractivity contribution in [3.05, 3.63) is 51.2 Å². The Kier molecular flexibility index (Phi) is 5.43. The van der Waals surface area contributed by atoms with E-state index in [2.05, 4.69) is 51.2 Å². The van der Waals surface area contributed by atoms with Gasteiger partial charge in [-0.15, -0.1) is 11.3 Å². The molecule has 1 aromatic carbocycles. The fourth-order valence-electron chi connectivity index (χ4n) is 2.76. The van der Waals surface area contributed by atoms with Gasteiger partial charge in [-0.3, -0.25) is 0 Å². The molecule has 2 unspecified atom stereocenters. The molecule has 0 aliphatic heterocycles. The van der Waals surface area contributed by atoms with Crippen molar-refractivity contribution in [1.82, 2.24) is 5.32 Å². The van der Waals surface area contributed by atoms with Gasteiger partial charge in [0.2, 0.25) is 0 Å². The Balaban J connectivity index is 2.14. The van der Waals surface area contributed by atoms with E-state index in [0.717, 1.165) is 5.75 Å². The Hall–Kier alpha value is -1.32. The molecule has 1 heterocycles. The van der Waals surface area contributed by atoms with Crippen molar-refractivity contribution >= 4 is 11.3 Å². The van der Waals surface area contributed by atoms with Crippen molar-refractivity contribution in [2.75, 3.05) is 6.61 Å². The van der Waals surface area contributed by atoms with Crippen molar-refractivity contribution in [3.8, 4) is 5.75 Å². The molecule has 0 aliphatic rings. The third-order valence-corrected chi connectivity index (χ3v) is 4.71. The third kappa shape index (κ3) is 3.86. The summed E-state index contributed by atoms with van der Waals surface area (Å²) in [4.78, 5) is 2.77. The molecular weight excluding hydrogens is 278 g/mol. The van der Waals surface area contributed by atoms with Crippen molar-refractivity contribution in [2.24, 2.45) is 0 Å². The molecular formula is C18H25NOS. The number of thiophene rings is 1. The van der Waals surface area contributed by atoms with Crippen LogP contribution in [-0.4, -0.2) is 6.61 Å². The van der Waals surface area contributed by atoms with E-state index >= 15 is 0 Å². The van der Waals surface area contributed by atoms with Gasteiger partial charge in [0.05, 0.1) is 6.61 Å². The quantitative estimate of drug-likeness (QED) is 0.794. The lowest BCUT2D eigenvalue weighted by atomic mass is 10.0. The predicted molar refractivity (Wildman–Crippen MR) is 91.4 cm³/mol. The highest BCUT2D eigenvalue weighted by molar-refractivity contribution is 7.12. The number of rotatable bonds is 6. The average Bonchev–Trinajstić information content (AvgIpc) is 2.78. The number of benzene rings is 1. The average molecular weight is 303 g/mol. The maximum Gasteiger partial charge on any atom is 0.124 e. The molecule has 0 fully saturated rings. The molecule has 0 saturated carbocycles. The second-order valence-corrected chi connectivity index (χ2v) is 6.91. The molecule has 2 rings (SSSR count). The van der Waals surface area contributed by atoms with Gasteiger partial charge < -0.3 is 10.1 Å². The van der Waals surface area contributed by atoms with Crippen LogP contribution in [0.25, 0.3) is 0 Å². The Morgan fingerprint density at radius 2 is 1.76 bits per heavy atom. The van der Waals surface area contributed by atoms with Gasteiger partial charge in [-0.1, -0.05) is 18.2 Å². The minimum absolute atomic E-state index is 0.252. The zero-order valence-corrected chi connectivity index (χ0v) is 14.4. The Morgan fingerprint density at radius 3 is 2.38 bits per heavy atom. The fraction of sp³-hybridized carbons (Fsp3) is 0.444. The molecule has 1 N–H and O–H groups in total. The highest BCUT2D eigenvalue weighted by Gasteiger charge is 2.17. The van der Waals surface area contributed by atoms with Crippen molar-refractivity contribution in [2.45, 2.75) is 46.7 Å². The molecule has 2 aromatic rings. The first-order valence-electron chi connectivity index (χ1n) is 7.57. The van der Waals surface area contributed by atoms with Gasteiger partial charge in [-0.05, 0) is 52.3 Å². The van der Waals surface area contributed by atoms with Crippen LogP contribution < -0.4 is 10.1 Å². The van der Waals surface area contributed by atoms with Crippen LogP contribution in [-0.2, 0) is 0 Å². The smallest absolute Gasteiger partial charge is 0.124 e. The Labute approximate surface area is 132 Å². The summed E-state index contributed by atoms with van der Waals surface area (Å²) in [7, 11) is 0. The summed E-state index contributed by atoms with van der Waals surface area (Å²) in [6.07, 6.45) is 0. The van der Waals surface area contributed by atoms with E-state index in [0.29, 0.717) is 12.6 Å². The van der Waals surface area contributed by atoms with Crippen LogP contribution in [0.3, 0.4) is 0 Å². The lowest BCUT2D eigenvalue weighted by molar-refractivity contribution is 0.331. The molecule has 0 amide bonds. The summed E-state index contributed by atoms with van der Waals surface area (Å²) in [5.41, 5.74) is 2.62. The van der Waals surface area contributed by atoms with Gasteiger partial charge in [0.1, 0.15) is 5.75 Å². The van der Waals surface area contributed by atoms with Crippen LogP contribution in [0.15, 0.2) is 30.3 Å². The summed E-state index contributed by atoms with van der Waals surface area (Å²) in [5, 5.41) is 3.69. The van der Waals surface area contributed by atoms with E-state index in [1.165, 1.54) is 20.9 Å². The summed E-state index contributed by atoms with van der Waals surface area (Å²) in [6, 6.07) is 11.2. The van der Waals surface area contributed by atoms with Crippen molar-refractivity contribution in [3.63, 3.8) is 0 Å². The van der Waals surface area contributed by atoms with Gasteiger partial charge in [0, 0.05) is 27.4 Å². The number of hydrogen-bond donors (Lipinski definition) is 1. The van der Waals surface area contributed by atoms with Gasteiger partial charge in [0.15, 0.2) is 0 Å². The zero-order chi connectivity index (χ0) is 15.4. The molecule has 0 saturated heterocycles. The number of para-hydroxylation sites is 1. The van der Waals surface area contributed by atoms with Gasteiger partial charge in [-0.25, -0.2) is 0 Å². The Morgan fingerprint density at radius 1 is 1.10 bits per heavy atom. The number of ether oxygens (including phenoxy) is 1. The lowest BCUT2D eigenvalue weighted by Crippen LogP contribution is -2.23. The molecule has 0 spiro atoms. The number of hydrogen-bond acceptors (Lipinski definition) is 3. The maximum absolute atomic E-state index is 5.74. The van der Waals surface area contributed by atoms with Crippen LogP contribution in [0, 0.1) is 13.8 Å².